The molecule has 0 radical (unpaired) electrons. The fraction of sp³-hybridized carbons (Fsp3) is 0.412. The van der Waals surface area contributed by atoms with E-state index in [0.29, 0.717) is 19.6 Å². The SMILES string of the molecule is CCN(Cc1nccn1C)C(=O)NCCc1ccc(OC)cc1. The van der Waals surface area contributed by atoms with E-state index >= 15 is 0 Å². The molecule has 2 rings (SSSR count). The third-order valence-corrected chi connectivity index (χ3v) is 3.77. The predicted octanol–water partition coefficient (Wildman–Crippen LogP) is 2.20. The second-order valence-corrected chi connectivity index (χ2v) is 5.30. The van der Waals surface area contributed by atoms with Crippen LogP contribution in [0.2, 0.25) is 0 Å². The first-order valence-electron chi connectivity index (χ1n) is 7.76. The van der Waals surface area contributed by atoms with Gasteiger partial charge in [0.2, 0.25) is 0 Å². The molecular formula is C17H24N4O2. The van der Waals surface area contributed by atoms with Gasteiger partial charge in [0.1, 0.15) is 11.6 Å². The van der Waals surface area contributed by atoms with Crippen molar-refractivity contribution in [1.82, 2.24) is 19.8 Å². The average Bonchev–Trinajstić information content (AvgIpc) is 2.98. The van der Waals surface area contributed by atoms with Crippen molar-refractivity contribution >= 4 is 6.03 Å². The summed E-state index contributed by atoms with van der Waals surface area (Å²) in [5.74, 6) is 1.71. The number of imidazole rings is 1. The van der Waals surface area contributed by atoms with E-state index in [9.17, 15) is 4.79 Å². The van der Waals surface area contributed by atoms with E-state index in [4.69, 9.17) is 4.74 Å². The van der Waals surface area contributed by atoms with E-state index in [1.54, 1.807) is 18.2 Å². The number of nitrogens with one attached hydrogen (secondary N) is 1. The Labute approximate surface area is 137 Å². The zero-order valence-electron chi connectivity index (χ0n) is 14.0. The van der Waals surface area contributed by atoms with Crippen LogP contribution in [0.4, 0.5) is 4.79 Å². The maximum Gasteiger partial charge on any atom is 0.317 e. The van der Waals surface area contributed by atoms with Crippen molar-refractivity contribution < 1.29 is 9.53 Å². The molecular weight excluding hydrogens is 292 g/mol. The summed E-state index contributed by atoms with van der Waals surface area (Å²) in [5.41, 5.74) is 1.17. The van der Waals surface area contributed by atoms with Gasteiger partial charge >= 0.3 is 6.03 Å². The van der Waals surface area contributed by atoms with Crippen molar-refractivity contribution in [3.63, 3.8) is 0 Å². The zero-order chi connectivity index (χ0) is 16.7. The number of carbonyl (C=O) groups excluding carboxylic acids is 1. The minimum atomic E-state index is -0.0657. The summed E-state index contributed by atoms with van der Waals surface area (Å²) < 4.78 is 7.06. The number of aromatic nitrogens is 2. The molecule has 0 spiro atoms. The highest BCUT2D eigenvalue weighted by Gasteiger charge is 2.13. The van der Waals surface area contributed by atoms with Crippen LogP contribution in [0.3, 0.4) is 0 Å². The van der Waals surface area contributed by atoms with E-state index in [2.05, 4.69) is 10.3 Å². The van der Waals surface area contributed by atoms with Crippen molar-refractivity contribution in [3.8, 4) is 5.75 Å². The summed E-state index contributed by atoms with van der Waals surface area (Å²) in [7, 11) is 3.58. The van der Waals surface area contributed by atoms with Crippen LogP contribution in [0.5, 0.6) is 5.75 Å². The van der Waals surface area contributed by atoms with Crippen molar-refractivity contribution in [2.24, 2.45) is 7.05 Å². The van der Waals surface area contributed by atoms with Gasteiger partial charge in [0.15, 0.2) is 0 Å². The average molecular weight is 316 g/mol. The van der Waals surface area contributed by atoms with Gasteiger partial charge in [-0.1, -0.05) is 12.1 Å². The van der Waals surface area contributed by atoms with Gasteiger partial charge in [-0.2, -0.15) is 0 Å². The Hall–Kier alpha value is -2.50. The minimum absolute atomic E-state index is 0.0657. The number of carbonyl (C=O) groups is 1. The summed E-state index contributed by atoms with van der Waals surface area (Å²) >= 11 is 0. The lowest BCUT2D eigenvalue weighted by Gasteiger charge is -2.21. The number of hydrogen-bond donors (Lipinski definition) is 1. The van der Waals surface area contributed by atoms with Crippen LogP contribution in [-0.2, 0) is 20.0 Å². The molecule has 0 saturated carbocycles. The molecule has 0 saturated heterocycles. The van der Waals surface area contributed by atoms with Crippen LogP contribution in [0.15, 0.2) is 36.7 Å². The van der Waals surface area contributed by atoms with Gasteiger partial charge in [-0.25, -0.2) is 9.78 Å². The predicted molar refractivity (Wildman–Crippen MR) is 89.4 cm³/mol. The molecule has 124 valence electrons. The van der Waals surface area contributed by atoms with Crippen molar-refractivity contribution in [2.75, 3.05) is 20.2 Å². The topological polar surface area (TPSA) is 59.4 Å². The van der Waals surface area contributed by atoms with Crippen LogP contribution in [0.25, 0.3) is 0 Å². The molecule has 2 amide bonds. The second-order valence-electron chi connectivity index (χ2n) is 5.30. The summed E-state index contributed by atoms with van der Waals surface area (Å²) in [4.78, 5) is 18.3. The first kappa shape index (κ1) is 16.9. The first-order valence-corrected chi connectivity index (χ1v) is 7.76. The fourth-order valence-electron chi connectivity index (χ4n) is 2.26. The Kier molecular flexibility index (Phi) is 6.02. The smallest absolute Gasteiger partial charge is 0.317 e. The number of nitrogens with zero attached hydrogens (tertiary/aromatic N) is 3. The van der Waals surface area contributed by atoms with E-state index in [0.717, 1.165) is 18.0 Å². The lowest BCUT2D eigenvalue weighted by molar-refractivity contribution is 0.196. The molecule has 6 heteroatoms. The molecule has 6 nitrogen and oxygen atoms in total. The monoisotopic (exact) mass is 316 g/mol. The second kappa shape index (κ2) is 8.22. The highest BCUT2D eigenvalue weighted by atomic mass is 16.5. The van der Waals surface area contributed by atoms with Crippen molar-refractivity contribution in [2.45, 2.75) is 19.9 Å². The Bertz CT molecular complexity index is 622. The lowest BCUT2D eigenvalue weighted by atomic mass is 10.1. The van der Waals surface area contributed by atoms with Gasteiger partial charge in [-0.05, 0) is 31.0 Å². The van der Waals surface area contributed by atoms with Gasteiger partial charge in [-0.3, -0.25) is 0 Å². The molecule has 0 fully saturated rings. The van der Waals surface area contributed by atoms with E-state index < -0.39 is 0 Å². The minimum Gasteiger partial charge on any atom is -0.497 e. The number of hydrogen-bond acceptors (Lipinski definition) is 3. The molecule has 23 heavy (non-hydrogen) atoms. The molecule has 0 aliphatic heterocycles. The largest absolute Gasteiger partial charge is 0.497 e. The maximum atomic E-state index is 12.3. The van der Waals surface area contributed by atoms with Gasteiger partial charge < -0.3 is 19.5 Å². The summed E-state index contributed by atoms with van der Waals surface area (Å²) in [5, 5.41) is 2.96. The molecule has 0 aliphatic carbocycles. The highest BCUT2D eigenvalue weighted by molar-refractivity contribution is 5.74. The third-order valence-electron chi connectivity index (χ3n) is 3.77. The molecule has 0 unspecified atom stereocenters. The standard InChI is InChI=1S/C17H24N4O2/c1-4-21(13-16-18-11-12-20(16)2)17(22)19-10-9-14-5-7-15(23-3)8-6-14/h5-8,11-12H,4,9-10,13H2,1-3H3,(H,19,22). The Morgan fingerprint density at radius 3 is 2.65 bits per heavy atom. The van der Waals surface area contributed by atoms with Crippen LogP contribution in [0, 0.1) is 0 Å². The van der Waals surface area contributed by atoms with Crippen molar-refractivity contribution in [3.05, 3.63) is 48.0 Å². The number of rotatable bonds is 7. The normalized spacial score (nSPS) is 10.4. The van der Waals surface area contributed by atoms with E-state index in [-0.39, 0.29) is 6.03 Å². The van der Waals surface area contributed by atoms with E-state index in [1.165, 1.54) is 5.56 Å². The van der Waals surface area contributed by atoms with Gasteiger partial charge in [0, 0.05) is 32.5 Å². The Morgan fingerprint density at radius 1 is 1.35 bits per heavy atom. The number of ether oxygens (including phenoxy) is 1. The summed E-state index contributed by atoms with van der Waals surface area (Å²) in [6, 6.07) is 7.81. The molecule has 1 aromatic heterocycles. The van der Waals surface area contributed by atoms with E-state index in [1.807, 2.05) is 49.0 Å². The summed E-state index contributed by atoms with van der Waals surface area (Å²) in [6.07, 6.45) is 4.41. The Morgan fingerprint density at radius 2 is 2.09 bits per heavy atom. The van der Waals surface area contributed by atoms with Gasteiger partial charge in [0.25, 0.3) is 0 Å². The molecule has 2 aromatic rings. The molecule has 1 heterocycles. The van der Waals surface area contributed by atoms with Crippen LogP contribution < -0.4 is 10.1 Å². The molecule has 0 atom stereocenters. The van der Waals surface area contributed by atoms with Crippen molar-refractivity contribution in [1.29, 1.82) is 0 Å². The molecule has 1 aromatic carbocycles. The lowest BCUT2D eigenvalue weighted by Crippen LogP contribution is -2.40. The quantitative estimate of drug-likeness (QED) is 0.852. The van der Waals surface area contributed by atoms with Gasteiger partial charge in [-0.15, -0.1) is 0 Å². The summed E-state index contributed by atoms with van der Waals surface area (Å²) in [6.45, 7) is 3.71. The molecule has 0 bridgehead atoms. The molecule has 1 N–H and O–H groups in total. The molecule has 0 aliphatic rings. The van der Waals surface area contributed by atoms with Crippen LogP contribution in [0.1, 0.15) is 18.3 Å². The zero-order valence-corrected chi connectivity index (χ0v) is 14.0. The maximum absolute atomic E-state index is 12.3. The third kappa shape index (κ3) is 4.74. The Balaban J connectivity index is 1.81. The number of methoxy groups -OCH3 is 1. The number of amides is 2. The van der Waals surface area contributed by atoms with Gasteiger partial charge in [0.05, 0.1) is 13.7 Å². The fourth-order valence-corrected chi connectivity index (χ4v) is 2.26. The number of urea groups is 1. The van der Waals surface area contributed by atoms with Crippen LogP contribution >= 0.6 is 0 Å². The first-order chi connectivity index (χ1) is 11.1. The van der Waals surface area contributed by atoms with Crippen LogP contribution in [-0.4, -0.2) is 40.7 Å². The highest BCUT2D eigenvalue weighted by Crippen LogP contribution is 2.11. The number of aryl methyl sites for hydroxylation is 1. The number of benzene rings is 1.